The van der Waals surface area contributed by atoms with Crippen molar-refractivity contribution < 1.29 is 48.6 Å². The van der Waals surface area contributed by atoms with Crippen molar-refractivity contribution in [2.75, 3.05) is 78.5 Å². The average molecular weight is 2040 g/mol. The van der Waals surface area contributed by atoms with E-state index in [2.05, 4.69) is 160 Å². The van der Waals surface area contributed by atoms with E-state index < -0.39 is 41.8 Å². The van der Waals surface area contributed by atoms with Crippen molar-refractivity contribution in [3.05, 3.63) is 234 Å². The fourth-order valence-electron chi connectivity index (χ4n) is 18.3. The smallest absolute Gasteiger partial charge is 0.416 e. The zero-order valence-corrected chi connectivity index (χ0v) is 85.7. The van der Waals surface area contributed by atoms with Gasteiger partial charge in [-0.1, -0.05) is 247 Å². The van der Waals surface area contributed by atoms with Gasteiger partial charge in [-0.3, -0.25) is 29.4 Å². The van der Waals surface area contributed by atoms with Crippen molar-refractivity contribution in [1.29, 1.82) is 5.26 Å². The normalized spacial score (nSPS) is 19.3. The minimum Gasteiger partial charge on any atom is -0.488 e. The Bertz CT molecular complexity index is 4560. The Morgan fingerprint density at radius 2 is 0.792 bits per heavy atom. The zero-order chi connectivity index (χ0) is 96.7. The standard InChI is InChI=1S/C21H25Cl2N.2C17H22Cl2F3N.C17H22Cl2N2.C16H20ClF4N.C13H17Cl2NO/c1-15(2)16-8-10-24(11-9-16)21(17-6-4-3-5-7-17)18-12-19(22)14-20(23)13-18;2*1-16(2,3)12-4-6-23(7-5-12)15(17(20,21)22)11-8-13(18)10-14(19)9-11;1-12(2)17(11-20)4-6-21(7-5-17)13(3)14-8-15(18)10-16(19)9-14;1-11(2)15(18)5-7-22(8-6-15)10-12-3-4-13(9-14(12)17)16(19,20)21;1-13(2,3)16-7-12(8-16)17-11-5-9(14)4-10(15)6-11/h3-7,12-16,21H,8-11H2,1-2H3;2*8-10,12,15H,4-7H2,1-3H3;8-10,12-13H,4-7H2,1-3H3;3-4,9,11H,5-8,10H2,1-2H3;4-6,12H,7-8H2,1-3H3/t21-;2*15-;13-;;/m0101../s1. The summed E-state index contributed by atoms with van der Waals surface area (Å²) in [6.45, 7) is 43.8. The summed E-state index contributed by atoms with van der Waals surface area (Å²) in [5, 5.41) is 14.5. The summed E-state index contributed by atoms with van der Waals surface area (Å²) in [6.07, 6.45) is -4.52. The summed E-state index contributed by atoms with van der Waals surface area (Å²) in [5.74, 6) is 3.61. The SMILES string of the molecule is CC(C)(C)C1CCN([C@@H](c2cc(Cl)cc(Cl)c2)C(F)(F)F)CC1.CC(C)(C)C1CCN([C@H](c2cc(Cl)cc(Cl)c2)C(F)(F)F)CC1.CC(C)(C)N1CC(Oc2cc(Cl)cc(Cl)c2)C1.CC(C)C1(C#N)CCN([C@H](C)c2cc(Cl)cc(Cl)c2)CC1.CC(C)C1(F)CCN(Cc2ccc(C(F)(F)F)cc2Cl)CC1.CC(C)C1CCN([C@@H](c2ccccc2)c2cc(Cl)cc(Cl)c2)CC1. The maximum absolute atomic E-state index is 14.5. The Balaban J connectivity index is 0.000000193. The monoisotopic (exact) mass is 2030 g/mol. The van der Waals surface area contributed by atoms with Gasteiger partial charge in [0.25, 0.3) is 0 Å². The molecule has 130 heavy (non-hydrogen) atoms. The first-order valence-corrected chi connectivity index (χ1v) is 49.0. The number of piperidine rings is 5. The third kappa shape index (κ3) is 33.2. The third-order valence-corrected chi connectivity index (χ3v) is 29.4. The molecular weight excluding hydrogens is 1910 g/mol. The van der Waals surface area contributed by atoms with E-state index in [9.17, 15) is 49.2 Å². The average Bonchev–Trinajstić information content (AvgIpc) is 0.827. The van der Waals surface area contributed by atoms with E-state index in [1.807, 2.05) is 30.9 Å². The van der Waals surface area contributed by atoms with Crippen LogP contribution in [0.25, 0.3) is 0 Å². The van der Waals surface area contributed by atoms with Gasteiger partial charge in [0.15, 0.2) is 0 Å². The molecule has 6 heterocycles. The molecule has 0 spiro atoms. The second kappa shape index (κ2) is 48.1. The molecule has 0 bridgehead atoms. The highest BCUT2D eigenvalue weighted by Crippen LogP contribution is 2.49. The summed E-state index contributed by atoms with van der Waals surface area (Å²) in [7, 11) is 0. The molecule has 4 atom stereocenters. The van der Waals surface area contributed by atoms with Gasteiger partial charge < -0.3 is 4.74 Å². The number of ether oxygens (including phenoxy) is 1. The second-order valence-corrected chi connectivity index (χ2v) is 44.6. The molecule has 6 fully saturated rings. The summed E-state index contributed by atoms with van der Waals surface area (Å²) < 4.78 is 140. The maximum atomic E-state index is 14.5. The summed E-state index contributed by atoms with van der Waals surface area (Å²) in [5.41, 5.74) is 2.91. The van der Waals surface area contributed by atoms with Gasteiger partial charge in [0.1, 0.15) is 29.6 Å². The van der Waals surface area contributed by atoms with Crippen molar-refractivity contribution >= 4 is 128 Å². The topological polar surface area (TPSA) is 52.5 Å². The van der Waals surface area contributed by atoms with Crippen LogP contribution in [-0.2, 0) is 12.7 Å². The zero-order valence-electron chi connectivity index (χ0n) is 77.4. The molecule has 0 aromatic heterocycles. The first kappa shape index (κ1) is 111. The van der Waals surface area contributed by atoms with Gasteiger partial charge in [-0.15, -0.1) is 0 Å². The number of halogens is 21. The van der Waals surface area contributed by atoms with Crippen LogP contribution in [-0.4, -0.2) is 138 Å². The molecule has 0 saturated carbocycles. The van der Waals surface area contributed by atoms with E-state index in [4.69, 9.17) is 132 Å². The highest BCUT2D eigenvalue weighted by molar-refractivity contribution is 6.37. The molecule has 0 radical (unpaired) electrons. The Morgan fingerprint density at radius 1 is 0.415 bits per heavy atom. The Morgan fingerprint density at radius 3 is 1.13 bits per heavy atom. The van der Waals surface area contributed by atoms with Gasteiger partial charge in [-0.2, -0.15) is 44.8 Å². The lowest BCUT2D eigenvalue weighted by Gasteiger charge is -2.47. The number of rotatable bonds is 16. The molecule has 720 valence electrons. The molecule has 6 saturated heterocycles. The van der Waals surface area contributed by atoms with Crippen LogP contribution in [0.15, 0.2) is 140 Å². The van der Waals surface area contributed by atoms with Crippen LogP contribution < -0.4 is 4.74 Å². The Hall–Kier alpha value is -3.92. The molecule has 13 rings (SSSR count). The fraction of sp³-hybridized carbons (Fsp3) is 0.574. The predicted molar refractivity (Wildman–Crippen MR) is 522 cm³/mol. The largest absolute Gasteiger partial charge is 0.488 e. The second-order valence-electron chi connectivity index (χ2n) is 39.8. The van der Waals surface area contributed by atoms with Crippen molar-refractivity contribution in [2.45, 2.75) is 242 Å². The number of nitriles is 1. The van der Waals surface area contributed by atoms with E-state index in [0.717, 1.165) is 113 Å². The lowest BCUT2D eigenvalue weighted by molar-refractivity contribution is -0.191. The molecule has 0 aliphatic carbocycles. The molecule has 0 amide bonds. The van der Waals surface area contributed by atoms with Crippen LogP contribution in [0.5, 0.6) is 5.75 Å². The lowest BCUT2D eigenvalue weighted by atomic mass is 9.71. The number of likely N-dealkylation sites (tertiary alicyclic amines) is 6. The first-order chi connectivity index (χ1) is 60.3. The molecule has 29 heteroatoms. The predicted octanol–water partition coefficient (Wildman–Crippen LogP) is 33.7. The van der Waals surface area contributed by atoms with Crippen LogP contribution in [0.1, 0.15) is 238 Å². The molecule has 8 nitrogen and oxygen atoms in total. The Labute approximate surface area is 821 Å². The lowest BCUT2D eigenvalue weighted by Crippen LogP contribution is -2.60. The van der Waals surface area contributed by atoms with E-state index in [1.165, 1.54) is 76.2 Å². The minimum absolute atomic E-state index is 0.0238. The number of alkyl halides is 10. The number of hydrogen-bond acceptors (Lipinski definition) is 8. The van der Waals surface area contributed by atoms with Gasteiger partial charge in [0, 0.05) is 113 Å². The van der Waals surface area contributed by atoms with Crippen molar-refractivity contribution in [3.63, 3.8) is 0 Å². The van der Waals surface area contributed by atoms with E-state index in [1.54, 1.807) is 30.3 Å². The van der Waals surface area contributed by atoms with Gasteiger partial charge in [-0.25, -0.2) is 4.39 Å². The third-order valence-electron chi connectivity index (χ3n) is 26.8. The molecule has 0 N–H and O–H groups in total. The van der Waals surface area contributed by atoms with Crippen molar-refractivity contribution in [3.8, 4) is 11.8 Å². The van der Waals surface area contributed by atoms with Crippen molar-refractivity contribution in [2.24, 2.45) is 51.8 Å². The van der Waals surface area contributed by atoms with Gasteiger partial charge in [0.2, 0.25) is 0 Å². The summed E-state index contributed by atoms with van der Waals surface area (Å²) in [4.78, 5) is 12.4. The van der Waals surface area contributed by atoms with E-state index in [-0.39, 0.29) is 82.1 Å². The summed E-state index contributed by atoms with van der Waals surface area (Å²) >= 11 is 66.1. The molecule has 0 unspecified atom stereocenters. The number of benzene rings is 7. The fourth-order valence-corrected chi connectivity index (χ4v) is 21.2. The molecular formula is C101H128Cl11F10N7O. The number of hydrogen-bond donors (Lipinski definition) is 0. The van der Waals surface area contributed by atoms with Crippen LogP contribution in [0.4, 0.5) is 43.9 Å². The molecule has 6 aliphatic heterocycles. The first-order valence-electron chi connectivity index (χ1n) is 44.9. The van der Waals surface area contributed by atoms with Gasteiger partial charge in [0.05, 0.1) is 23.1 Å². The van der Waals surface area contributed by atoms with E-state index in [0.29, 0.717) is 112 Å². The van der Waals surface area contributed by atoms with Crippen molar-refractivity contribution in [1.82, 2.24) is 29.4 Å². The van der Waals surface area contributed by atoms with Gasteiger partial charge in [-0.05, 0) is 314 Å². The molecule has 6 aliphatic rings. The van der Waals surface area contributed by atoms with Gasteiger partial charge >= 0.3 is 18.5 Å². The van der Waals surface area contributed by atoms with Crippen LogP contribution in [0.3, 0.4) is 0 Å². The molecule has 7 aromatic carbocycles. The highest BCUT2D eigenvalue weighted by Gasteiger charge is 2.49. The highest BCUT2D eigenvalue weighted by atomic mass is 35.5. The Kier molecular flexibility index (Phi) is 41.2. The van der Waals surface area contributed by atoms with Crippen LogP contribution >= 0.6 is 128 Å². The molecule has 7 aromatic rings. The van der Waals surface area contributed by atoms with Crippen LogP contribution in [0, 0.1) is 63.1 Å². The maximum Gasteiger partial charge on any atom is 0.416 e. The van der Waals surface area contributed by atoms with Crippen LogP contribution in [0.2, 0.25) is 55.2 Å². The summed E-state index contributed by atoms with van der Waals surface area (Å²) in [6, 6.07) is 39.1. The quantitative estimate of drug-likeness (QED) is 0.0888. The number of nitrogens with zero attached hydrogens (tertiary/aromatic N) is 7. The minimum atomic E-state index is -4.39. The van der Waals surface area contributed by atoms with E-state index >= 15 is 0 Å².